The molecule has 0 radical (unpaired) electrons. The molecule has 24 heavy (non-hydrogen) atoms. The zero-order valence-electron chi connectivity index (χ0n) is 12.7. The van der Waals surface area contributed by atoms with Crippen LogP contribution in [0, 0.1) is 26.1 Å². The zero-order valence-corrected chi connectivity index (χ0v) is 12.7. The van der Waals surface area contributed by atoms with Gasteiger partial charge in [0.15, 0.2) is 0 Å². The minimum Gasteiger partial charge on any atom is -0.460 e. The Morgan fingerprint density at radius 3 is 2.62 bits per heavy atom. The highest BCUT2D eigenvalue weighted by Crippen LogP contribution is 2.47. The Labute approximate surface area is 136 Å². The van der Waals surface area contributed by atoms with Crippen LogP contribution >= 0.6 is 0 Å². The average Bonchev–Trinajstić information content (AvgIpc) is 3.08. The number of hydrogen-bond donors (Lipinski definition) is 1. The molecule has 1 aromatic heterocycles. The molecule has 1 saturated carbocycles. The molecule has 3 rings (SSSR count). The second-order valence-electron chi connectivity index (χ2n) is 5.65. The fourth-order valence-electron chi connectivity index (χ4n) is 2.40. The smallest absolute Gasteiger partial charge is 0.301 e. The summed E-state index contributed by atoms with van der Waals surface area (Å²) in [5.41, 5.74) is 1.80. The quantitative estimate of drug-likeness (QED) is 0.489. The lowest BCUT2D eigenvalue weighted by molar-refractivity contribution is -0.393. The number of nitro groups is 2. The van der Waals surface area contributed by atoms with Crippen LogP contribution in [-0.4, -0.2) is 16.1 Å². The largest absolute Gasteiger partial charge is 0.460 e. The number of rotatable bonds is 6. The maximum Gasteiger partial charge on any atom is 0.301 e. The lowest BCUT2D eigenvalue weighted by Gasteiger charge is -2.01. The van der Waals surface area contributed by atoms with E-state index < -0.39 is 15.5 Å². The van der Waals surface area contributed by atoms with Crippen LogP contribution in [0.1, 0.15) is 30.8 Å². The Hall–Kier alpha value is -3.23. The van der Waals surface area contributed by atoms with Crippen LogP contribution in [0.25, 0.3) is 0 Å². The van der Waals surface area contributed by atoms with Gasteiger partial charge in [0.25, 0.3) is 5.69 Å². The third-order valence-electron chi connectivity index (χ3n) is 3.89. The van der Waals surface area contributed by atoms with Crippen molar-refractivity contribution in [2.75, 3.05) is 5.43 Å². The molecule has 1 aliphatic rings. The number of furan rings is 1. The summed E-state index contributed by atoms with van der Waals surface area (Å²) in [5.74, 6) is 2.52. The van der Waals surface area contributed by atoms with E-state index in [2.05, 4.69) is 17.5 Å². The van der Waals surface area contributed by atoms with Gasteiger partial charge in [-0.1, -0.05) is 6.92 Å². The molecule has 1 aliphatic carbocycles. The molecule has 1 fully saturated rings. The van der Waals surface area contributed by atoms with Crippen molar-refractivity contribution in [1.29, 1.82) is 0 Å². The van der Waals surface area contributed by atoms with Gasteiger partial charge in [-0.3, -0.25) is 25.7 Å². The van der Waals surface area contributed by atoms with Crippen LogP contribution < -0.4 is 5.43 Å². The first-order chi connectivity index (χ1) is 11.5. The van der Waals surface area contributed by atoms with Gasteiger partial charge in [0.05, 0.1) is 22.1 Å². The van der Waals surface area contributed by atoms with Crippen LogP contribution in [0.2, 0.25) is 0 Å². The molecule has 0 saturated heterocycles. The molecule has 0 aliphatic heterocycles. The van der Waals surface area contributed by atoms with Gasteiger partial charge >= 0.3 is 5.69 Å². The number of hydrazone groups is 1. The third-order valence-corrected chi connectivity index (χ3v) is 3.89. The van der Waals surface area contributed by atoms with Crippen LogP contribution in [0.3, 0.4) is 0 Å². The summed E-state index contributed by atoms with van der Waals surface area (Å²) in [5, 5.41) is 25.6. The Balaban J connectivity index is 1.72. The molecule has 1 heterocycles. The maximum absolute atomic E-state index is 11.0. The molecule has 9 nitrogen and oxygen atoms in total. The molecule has 1 N–H and O–H groups in total. The van der Waals surface area contributed by atoms with Crippen molar-refractivity contribution >= 4 is 23.3 Å². The van der Waals surface area contributed by atoms with Crippen molar-refractivity contribution in [3.8, 4) is 0 Å². The second-order valence-corrected chi connectivity index (χ2v) is 5.65. The minimum atomic E-state index is -0.704. The number of benzene rings is 1. The lowest BCUT2D eigenvalue weighted by atomic mass is 10.2. The first-order valence-electron chi connectivity index (χ1n) is 7.27. The van der Waals surface area contributed by atoms with Crippen LogP contribution in [0.4, 0.5) is 17.1 Å². The van der Waals surface area contributed by atoms with Gasteiger partial charge in [0, 0.05) is 12.0 Å². The van der Waals surface area contributed by atoms with E-state index in [1.54, 1.807) is 6.07 Å². The van der Waals surface area contributed by atoms with Crippen LogP contribution in [0.15, 0.2) is 39.9 Å². The van der Waals surface area contributed by atoms with Crippen molar-refractivity contribution in [2.24, 2.45) is 11.0 Å². The summed E-state index contributed by atoms with van der Waals surface area (Å²) in [6, 6.07) is 6.97. The highest BCUT2D eigenvalue weighted by atomic mass is 16.6. The van der Waals surface area contributed by atoms with E-state index in [9.17, 15) is 20.2 Å². The van der Waals surface area contributed by atoms with Gasteiger partial charge < -0.3 is 4.42 Å². The summed E-state index contributed by atoms with van der Waals surface area (Å²) in [6.07, 6.45) is 2.51. The Bertz CT molecular complexity index is 829. The lowest BCUT2D eigenvalue weighted by Crippen LogP contribution is -1.98. The summed E-state index contributed by atoms with van der Waals surface area (Å²) in [6.45, 7) is 2.15. The van der Waals surface area contributed by atoms with Gasteiger partial charge in [0.1, 0.15) is 17.2 Å². The van der Waals surface area contributed by atoms with Crippen molar-refractivity contribution < 1.29 is 14.3 Å². The molecule has 2 atom stereocenters. The second kappa shape index (κ2) is 6.11. The SMILES string of the molecule is C[C@H]1C[C@@H]1c1ccc(/C=N\Nc2ccc([N+](=O)[O-])cc2[N+](=O)[O-])o1. The van der Waals surface area contributed by atoms with Gasteiger partial charge in [0.2, 0.25) is 0 Å². The van der Waals surface area contributed by atoms with Gasteiger partial charge in [-0.25, -0.2) is 0 Å². The summed E-state index contributed by atoms with van der Waals surface area (Å²) >= 11 is 0. The molecule has 0 spiro atoms. The first-order valence-corrected chi connectivity index (χ1v) is 7.27. The highest BCUT2D eigenvalue weighted by Gasteiger charge is 2.36. The summed E-state index contributed by atoms with van der Waals surface area (Å²) in [4.78, 5) is 20.3. The van der Waals surface area contributed by atoms with E-state index in [0.29, 0.717) is 17.6 Å². The Kier molecular flexibility index (Phi) is 3.98. The first kappa shape index (κ1) is 15.7. The molecule has 1 aromatic carbocycles. The van der Waals surface area contributed by atoms with Crippen molar-refractivity contribution in [3.05, 3.63) is 62.1 Å². The Morgan fingerprint density at radius 1 is 1.25 bits per heavy atom. The molecule has 0 amide bonds. The van der Waals surface area contributed by atoms with Crippen molar-refractivity contribution in [3.63, 3.8) is 0 Å². The number of nitro benzene ring substituents is 2. The average molecular weight is 330 g/mol. The summed E-state index contributed by atoms with van der Waals surface area (Å²) < 4.78 is 5.63. The highest BCUT2D eigenvalue weighted by molar-refractivity contribution is 5.77. The standard InChI is InChI=1S/C15H14N4O5/c1-9-6-12(9)15-5-3-11(24-15)8-16-17-13-4-2-10(18(20)21)7-14(13)19(22)23/h2-5,7-9,12,17H,6H2,1H3/b16-8-/t9-,12-/m0/s1. The van der Waals surface area contributed by atoms with E-state index in [0.717, 1.165) is 18.2 Å². The number of non-ortho nitro benzene ring substituents is 1. The predicted octanol–water partition coefficient (Wildman–Crippen LogP) is 3.67. The minimum absolute atomic E-state index is 0.0597. The molecule has 9 heteroatoms. The molecule has 0 bridgehead atoms. The van der Waals surface area contributed by atoms with Crippen molar-refractivity contribution in [1.82, 2.24) is 0 Å². The van der Waals surface area contributed by atoms with Gasteiger partial charge in [-0.2, -0.15) is 5.10 Å². The predicted molar refractivity (Wildman–Crippen MR) is 86.2 cm³/mol. The van der Waals surface area contributed by atoms with Crippen LogP contribution in [0.5, 0.6) is 0 Å². The van der Waals surface area contributed by atoms with Gasteiger partial charge in [-0.05, 0) is 30.5 Å². The molecular weight excluding hydrogens is 316 g/mol. The van der Waals surface area contributed by atoms with Gasteiger partial charge in [-0.15, -0.1) is 0 Å². The molecular formula is C15H14N4O5. The normalized spacial score (nSPS) is 19.4. The Morgan fingerprint density at radius 2 is 2.00 bits per heavy atom. The molecule has 124 valence electrons. The summed E-state index contributed by atoms with van der Waals surface area (Å²) in [7, 11) is 0. The monoisotopic (exact) mass is 330 g/mol. The van der Waals surface area contributed by atoms with E-state index >= 15 is 0 Å². The maximum atomic E-state index is 11.0. The van der Waals surface area contributed by atoms with Crippen LogP contribution in [-0.2, 0) is 0 Å². The van der Waals surface area contributed by atoms with E-state index in [1.165, 1.54) is 18.3 Å². The molecule has 2 aromatic rings. The number of hydrogen-bond acceptors (Lipinski definition) is 7. The van der Waals surface area contributed by atoms with E-state index in [4.69, 9.17) is 4.42 Å². The topological polar surface area (TPSA) is 124 Å². The van der Waals surface area contributed by atoms with E-state index in [-0.39, 0.29) is 11.4 Å². The zero-order chi connectivity index (χ0) is 17.3. The fourth-order valence-corrected chi connectivity index (χ4v) is 2.40. The van der Waals surface area contributed by atoms with Crippen molar-refractivity contribution in [2.45, 2.75) is 19.3 Å². The molecule has 0 unspecified atom stereocenters. The number of anilines is 1. The third kappa shape index (κ3) is 3.24. The fraction of sp³-hybridized carbons (Fsp3) is 0.267. The number of nitrogens with one attached hydrogen (secondary N) is 1. The number of nitrogens with zero attached hydrogens (tertiary/aromatic N) is 3. The van der Waals surface area contributed by atoms with E-state index in [1.807, 2.05) is 6.07 Å².